The number of rotatable bonds is 9. The van der Waals surface area contributed by atoms with Crippen LogP contribution in [-0.2, 0) is 6.54 Å². The number of halogens is 1. The Morgan fingerprint density at radius 1 is 1.00 bits per heavy atom. The molecule has 0 amide bonds. The van der Waals surface area contributed by atoms with Gasteiger partial charge in [0.2, 0.25) is 0 Å². The normalized spacial score (nSPS) is 11.0. The molecule has 2 rings (SSSR count). The number of aromatic nitrogens is 3. The molecule has 1 heterocycles. The minimum absolute atomic E-state index is 0.748. The van der Waals surface area contributed by atoms with Gasteiger partial charge < -0.3 is 4.57 Å². The van der Waals surface area contributed by atoms with Crippen molar-refractivity contribution in [2.45, 2.75) is 57.7 Å². The van der Waals surface area contributed by atoms with Crippen molar-refractivity contribution in [2.24, 2.45) is 0 Å². The van der Waals surface area contributed by atoms with Crippen LogP contribution in [0.3, 0.4) is 0 Å². The van der Waals surface area contributed by atoms with Gasteiger partial charge in [-0.2, -0.15) is 0 Å². The van der Waals surface area contributed by atoms with Gasteiger partial charge in [0.25, 0.3) is 0 Å². The smallest absolute Gasteiger partial charge is 0.191 e. The minimum Gasteiger partial charge on any atom is -0.302 e. The van der Waals surface area contributed by atoms with Gasteiger partial charge in [-0.3, -0.25) is 0 Å². The Morgan fingerprint density at radius 3 is 2.41 bits per heavy atom. The molecule has 2 aromatic rings. The number of benzene rings is 1. The summed E-state index contributed by atoms with van der Waals surface area (Å²) in [6.45, 7) is 5.42. The second kappa shape index (κ2) is 9.21. The fraction of sp³-hybridized carbons (Fsp3) is 0.529. The summed E-state index contributed by atoms with van der Waals surface area (Å²) in [5.74, 6) is 2.05. The van der Waals surface area contributed by atoms with Gasteiger partial charge in [-0.15, -0.1) is 10.2 Å². The fourth-order valence-electron chi connectivity index (χ4n) is 2.24. The zero-order valence-corrected chi connectivity index (χ0v) is 15.0. The van der Waals surface area contributed by atoms with Crippen LogP contribution in [0.25, 0.3) is 11.4 Å². The maximum Gasteiger partial charge on any atom is 0.191 e. The lowest BCUT2D eigenvalue weighted by Gasteiger charge is -2.10. The highest BCUT2D eigenvalue weighted by atomic mass is 35.5. The molecule has 0 aliphatic carbocycles. The Labute approximate surface area is 142 Å². The van der Waals surface area contributed by atoms with Crippen LogP contribution in [0.1, 0.15) is 46.0 Å². The van der Waals surface area contributed by atoms with Crippen molar-refractivity contribution < 1.29 is 0 Å². The number of hydrogen-bond acceptors (Lipinski definition) is 3. The third-order valence-corrected chi connectivity index (χ3v) is 4.84. The van der Waals surface area contributed by atoms with Crippen LogP contribution < -0.4 is 0 Å². The van der Waals surface area contributed by atoms with Crippen molar-refractivity contribution >= 4 is 23.4 Å². The Hall–Kier alpha value is -1.00. The topological polar surface area (TPSA) is 30.7 Å². The van der Waals surface area contributed by atoms with E-state index < -0.39 is 0 Å². The Bertz CT molecular complexity index is 566. The molecule has 0 aliphatic rings. The first kappa shape index (κ1) is 17.4. The molecule has 0 aliphatic heterocycles. The summed E-state index contributed by atoms with van der Waals surface area (Å²) in [5.41, 5.74) is 1.08. The fourth-order valence-corrected chi connectivity index (χ4v) is 3.41. The van der Waals surface area contributed by atoms with Crippen LogP contribution in [0.5, 0.6) is 0 Å². The van der Waals surface area contributed by atoms with Crippen LogP contribution in [0.4, 0.5) is 0 Å². The second-order valence-corrected chi connectivity index (χ2v) is 6.87. The first-order valence-electron chi connectivity index (χ1n) is 8.08. The quantitative estimate of drug-likeness (QED) is 0.435. The highest BCUT2D eigenvalue weighted by Crippen LogP contribution is 2.26. The molecule has 0 N–H and O–H groups in total. The van der Waals surface area contributed by atoms with E-state index >= 15 is 0 Å². The lowest BCUT2D eigenvalue weighted by atomic mass is 10.2. The van der Waals surface area contributed by atoms with Gasteiger partial charge in [-0.05, 0) is 37.1 Å². The first-order valence-corrected chi connectivity index (χ1v) is 9.44. The molecule has 0 fully saturated rings. The molecule has 0 bridgehead atoms. The monoisotopic (exact) mass is 337 g/mol. The predicted molar refractivity (Wildman–Crippen MR) is 95.6 cm³/mol. The molecule has 0 spiro atoms. The van der Waals surface area contributed by atoms with Gasteiger partial charge in [-0.1, -0.05) is 56.5 Å². The molecule has 120 valence electrons. The summed E-state index contributed by atoms with van der Waals surface area (Å²) < 4.78 is 2.26. The van der Waals surface area contributed by atoms with Crippen LogP contribution in [0, 0.1) is 0 Å². The third kappa shape index (κ3) is 4.75. The average molecular weight is 338 g/mol. The zero-order valence-electron chi connectivity index (χ0n) is 13.4. The van der Waals surface area contributed by atoms with Gasteiger partial charge in [0, 0.05) is 22.9 Å². The molecule has 1 aromatic heterocycles. The van der Waals surface area contributed by atoms with E-state index in [0.717, 1.165) is 40.3 Å². The van der Waals surface area contributed by atoms with E-state index in [1.54, 1.807) is 0 Å². The second-order valence-electron chi connectivity index (χ2n) is 5.37. The number of hydrogen-bond donors (Lipinski definition) is 0. The predicted octanol–water partition coefficient (Wildman–Crippen LogP) is 5.68. The van der Waals surface area contributed by atoms with E-state index in [0.29, 0.717) is 0 Å². The number of nitrogens with zero attached hydrogens (tertiary/aromatic N) is 3. The maximum absolute atomic E-state index is 5.98. The molecular weight excluding hydrogens is 314 g/mol. The van der Waals surface area contributed by atoms with Crippen molar-refractivity contribution in [1.29, 1.82) is 0 Å². The SMILES string of the molecule is CCCCCn1c(SCCCC)nnc1-c1ccc(Cl)cc1. The zero-order chi connectivity index (χ0) is 15.8. The minimum atomic E-state index is 0.748. The number of unbranched alkanes of at least 4 members (excludes halogenated alkanes) is 3. The molecule has 0 unspecified atom stereocenters. The first-order chi connectivity index (χ1) is 10.8. The summed E-state index contributed by atoms with van der Waals surface area (Å²) in [5, 5.41) is 10.6. The summed E-state index contributed by atoms with van der Waals surface area (Å²) in [4.78, 5) is 0. The van der Waals surface area contributed by atoms with Gasteiger partial charge in [0.1, 0.15) is 0 Å². The Morgan fingerprint density at radius 2 is 1.73 bits per heavy atom. The van der Waals surface area contributed by atoms with Crippen molar-refractivity contribution in [1.82, 2.24) is 14.8 Å². The largest absolute Gasteiger partial charge is 0.302 e. The van der Waals surface area contributed by atoms with E-state index in [-0.39, 0.29) is 0 Å². The molecule has 22 heavy (non-hydrogen) atoms. The summed E-state index contributed by atoms with van der Waals surface area (Å²) in [7, 11) is 0. The van der Waals surface area contributed by atoms with E-state index in [9.17, 15) is 0 Å². The van der Waals surface area contributed by atoms with Crippen molar-refractivity contribution in [2.75, 3.05) is 5.75 Å². The van der Waals surface area contributed by atoms with E-state index in [1.165, 1.54) is 25.7 Å². The lowest BCUT2D eigenvalue weighted by molar-refractivity contribution is 0.570. The molecule has 0 saturated heterocycles. The molecular formula is C17H24ClN3S. The molecule has 0 radical (unpaired) electrons. The van der Waals surface area contributed by atoms with Crippen molar-refractivity contribution in [3.8, 4) is 11.4 Å². The molecule has 3 nitrogen and oxygen atoms in total. The highest BCUT2D eigenvalue weighted by molar-refractivity contribution is 7.99. The standard InChI is InChI=1S/C17H24ClN3S/c1-3-5-7-12-21-16(14-8-10-15(18)11-9-14)19-20-17(21)22-13-6-4-2/h8-11H,3-7,12-13H2,1-2H3. The van der Waals surface area contributed by atoms with E-state index in [4.69, 9.17) is 11.6 Å². The molecule has 1 aromatic carbocycles. The van der Waals surface area contributed by atoms with Crippen LogP contribution in [0.2, 0.25) is 5.02 Å². The highest BCUT2D eigenvalue weighted by Gasteiger charge is 2.13. The Balaban J connectivity index is 2.21. The summed E-state index contributed by atoms with van der Waals surface area (Å²) >= 11 is 7.80. The van der Waals surface area contributed by atoms with Gasteiger partial charge >= 0.3 is 0 Å². The Kier molecular flexibility index (Phi) is 7.26. The lowest BCUT2D eigenvalue weighted by Crippen LogP contribution is -2.03. The number of thioether (sulfide) groups is 1. The summed E-state index contributed by atoms with van der Waals surface area (Å²) in [6.07, 6.45) is 6.04. The molecule has 0 atom stereocenters. The van der Waals surface area contributed by atoms with Gasteiger partial charge in [0.05, 0.1) is 0 Å². The van der Waals surface area contributed by atoms with Crippen LogP contribution in [-0.4, -0.2) is 20.5 Å². The summed E-state index contributed by atoms with van der Waals surface area (Å²) in [6, 6.07) is 7.85. The van der Waals surface area contributed by atoms with Crippen LogP contribution in [0.15, 0.2) is 29.4 Å². The van der Waals surface area contributed by atoms with Gasteiger partial charge in [0.15, 0.2) is 11.0 Å². The molecule has 5 heteroatoms. The maximum atomic E-state index is 5.98. The van der Waals surface area contributed by atoms with Gasteiger partial charge in [-0.25, -0.2) is 0 Å². The van der Waals surface area contributed by atoms with Crippen molar-refractivity contribution in [3.05, 3.63) is 29.3 Å². The van der Waals surface area contributed by atoms with E-state index in [2.05, 4.69) is 28.6 Å². The van der Waals surface area contributed by atoms with Crippen molar-refractivity contribution in [3.63, 3.8) is 0 Å². The van der Waals surface area contributed by atoms with Crippen LogP contribution >= 0.6 is 23.4 Å². The van der Waals surface area contributed by atoms with E-state index in [1.807, 2.05) is 36.0 Å². The molecule has 0 saturated carbocycles. The third-order valence-electron chi connectivity index (χ3n) is 3.53. The average Bonchev–Trinajstić information content (AvgIpc) is 2.92.